The summed E-state index contributed by atoms with van der Waals surface area (Å²) in [4.78, 5) is 13.4. The van der Waals surface area contributed by atoms with Gasteiger partial charge in [0.25, 0.3) is 0 Å². The number of ether oxygens (including phenoxy) is 2. The van der Waals surface area contributed by atoms with Gasteiger partial charge in [0.15, 0.2) is 0 Å². The lowest BCUT2D eigenvalue weighted by molar-refractivity contribution is -0.122. The Morgan fingerprint density at radius 1 is 1.21 bits per heavy atom. The number of amides is 1. The zero-order valence-electron chi connectivity index (χ0n) is 12.4. The van der Waals surface area contributed by atoms with Crippen LogP contribution in [-0.2, 0) is 4.79 Å². The molecule has 1 atom stereocenters. The maximum absolute atomic E-state index is 11.7. The van der Waals surface area contributed by atoms with Gasteiger partial charge in [-0.05, 0) is 45.1 Å². The van der Waals surface area contributed by atoms with Crippen LogP contribution in [-0.4, -0.2) is 39.1 Å². The van der Waals surface area contributed by atoms with Crippen LogP contribution in [0.2, 0.25) is 0 Å². The molecule has 1 aromatic rings. The topological polar surface area (TPSA) is 64.8 Å². The lowest BCUT2D eigenvalue weighted by atomic mass is 9.97. The minimum atomic E-state index is -0.553. The average molecular weight is 266 g/mol. The van der Waals surface area contributed by atoms with E-state index in [9.17, 15) is 4.79 Å². The summed E-state index contributed by atoms with van der Waals surface area (Å²) in [5.74, 6) is 0.978. The molecule has 1 aromatic carbocycles. The Bertz CT molecular complexity index is 484. The minimum absolute atomic E-state index is 0.423. The van der Waals surface area contributed by atoms with E-state index < -0.39 is 11.9 Å². The number of carbonyl (C=O) groups is 1. The standard InChI is InChI=1S/C14H22N2O3/c1-8-9(2)13(19-6)10(7-11(8)18-5)12(14(15)17)16(3)4/h7,12H,1-6H3,(H2,15,17). The first-order chi connectivity index (χ1) is 8.84. The summed E-state index contributed by atoms with van der Waals surface area (Å²) in [5, 5.41) is 0. The normalized spacial score (nSPS) is 12.4. The zero-order chi connectivity index (χ0) is 14.7. The van der Waals surface area contributed by atoms with Crippen molar-refractivity contribution in [2.75, 3.05) is 28.3 Å². The predicted octanol–water partition coefficient (Wildman–Crippen LogP) is 1.41. The van der Waals surface area contributed by atoms with Crippen LogP contribution in [0.3, 0.4) is 0 Å². The summed E-state index contributed by atoms with van der Waals surface area (Å²) in [6.45, 7) is 3.89. The third-order valence-corrected chi connectivity index (χ3v) is 3.33. The third-order valence-electron chi connectivity index (χ3n) is 3.33. The summed E-state index contributed by atoms with van der Waals surface area (Å²) in [7, 11) is 6.80. The molecule has 19 heavy (non-hydrogen) atoms. The van der Waals surface area contributed by atoms with Crippen molar-refractivity contribution in [1.82, 2.24) is 4.90 Å². The van der Waals surface area contributed by atoms with Gasteiger partial charge in [0.1, 0.15) is 17.5 Å². The molecule has 0 saturated carbocycles. The van der Waals surface area contributed by atoms with Crippen LogP contribution in [0.25, 0.3) is 0 Å². The van der Waals surface area contributed by atoms with Crippen LogP contribution >= 0.6 is 0 Å². The van der Waals surface area contributed by atoms with Gasteiger partial charge in [0, 0.05) is 5.56 Å². The number of carbonyl (C=O) groups excluding carboxylic acids is 1. The van der Waals surface area contributed by atoms with E-state index in [2.05, 4.69) is 0 Å². The SMILES string of the molecule is COc1cc(C(C(N)=O)N(C)C)c(OC)c(C)c1C. The van der Waals surface area contributed by atoms with E-state index in [1.807, 2.05) is 19.9 Å². The van der Waals surface area contributed by atoms with Gasteiger partial charge in [-0.2, -0.15) is 0 Å². The van der Waals surface area contributed by atoms with Crippen LogP contribution < -0.4 is 15.2 Å². The second-order valence-corrected chi connectivity index (χ2v) is 4.72. The van der Waals surface area contributed by atoms with Gasteiger partial charge in [0.2, 0.25) is 5.91 Å². The molecule has 0 fully saturated rings. The monoisotopic (exact) mass is 266 g/mol. The molecule has 0 radical (unpaired) electrons. The highest BCUT2D eigenvalue weighted by Gasteiger charge is 2.26. The fraction of sp³-hybridized carbons (Fsp3) is 0.500. The Labute approximate surface area is 114 Å². The Morgan fingerprint density at radius 2 is 1.79 bits per heavy atom. The van der Waals surface area contributed by atoms with Crippen molar-refractivity contribution in [3.05, 3.63) is 22.8 Å². The van der Waals surface area contributed by atoms with Gasteiger partial charge < -0.3 is 15.2 Å². The molecule has 0 bridgehead atoms. The molecule has 0 heterocycles. The quantitative estimate of drug-likeness (QED) is 0.875. The zero-order valence-corrected chi connectivity index (χ0v) is 12.4. The van der Waals surface area contributed by atoms with Crippen LogP contribution in [0, 0.1) is 13.8 Å². The van der Waals surface area contributed by atoms with Gasteiger partial charge in [-0.25, -0.2) is 0 Å². The first-order valence-corrected chi connectivity index (χ1v) is 6.02. The number of hydrogen-bond donors (Lipinski definition) is 1. The fourth-order valence-corrected chi connectivity index (χ4v) is 2.26. The molecule has 1 unspecified atom stereocenters. The van der Waals surface area contributed by atoms with Crippen molar-refractivity contribution in [3.8, 4) is 11.5 Å². The summed E-state index contributed by atoms with van der Waals surface area (Å²) in [6.07, 6.45) is 0. The van der Waals surface area contributed by atoms with E-state index in [-0.39, 0.29) is 0 Å². The molecule has 0 spiro atoms. The molecule has 2 N–H and O–H groups in total. The highest BCUT2D eigenvalue weighted by atomic mass is 16.5. The highest BCUT2D eigenvalue weighted by molar-refractivity contribution is 5.83. The van der Waals surface area contributed by atoms with Gasteiger partial charge in [0.05, 0.1) is 14.2 Å². The van der Waals surface area contributed by atoms with Crippen LogP contribution in [0.15, 0.2) is 6.07 Å². The van der Waals surface area contributed by atoms with Crippen molar-refractivity contribution >= 4 is 5.91 Å². The predicted molar refractivity (Wildman–Crippen MR) is 74.6 cm³/mol. The lowest BCUT2D eigenvalue weighted by Gasteiger charge is -2.25. The number of likely N-dealkylation sites (N-methyl/N-ethyl adjacent to an activating group) is 1. The Morgan fingerprint density at radius 3 is 2.16 bits per heavy atom. The second-order valence-electron chi connectivity index (χ2n) is 4.72. The Balaban J connectivity index is 3.56. The molecule has 1 rings (SSSR count). The Kier molecular flexibility index (Phi) is 4.78. The molecule has 5 heteroatoms. The summed E-state index contributed by atoms with van der Waals surface area (Å²) >= 11 is 0. The molecule has 106 valence electrons. The minimum Gasteiger partial charge on any atom is -0.496 e. The maximum atomic E-state index is 11.7. The molecule has 0 saturated heterocycles. The molecule has 0 aliphatic heterocycles. The van der Waals surface area contributed by atoms with Crippen molar-refractivity contribution in [1.29, 1.82) is 0 Å². The molecule has 0 aromatic heterocycles. The summed E-state index contributed by atoms with van der Waals surface area (Å²) in [5.41, 5.74) is 8.16. The van der Waals surface area contributed by atoms with E-state index in [0.29, 0.717) is 5.75 Å². The van der Waals surface area contributed by atoms with Crippen molar-refractivity contribution in [2.45, 2.75) is 19.9 Å². The average Bonchev–Trinajstić information content (AvgIpc) is 2.33. The lowest BCUT2D eigenvalue weighted by Crippen LogP contribution is -2.33. The molecular formula is C14H22N2O3. The maximum Gasteiger partial charge on any atom is 0.239 e. The first-order valence-electron chi connectivity index (χ1n) is 6.02. The van der Waals surface area contributed by atoms with E-state index in [1.54, 1.807) is 33.2 Å². The second kappa shape index (κ2) is 5.93. The van der Waals surface area contributed by atoms with Gasteiger partial charge in [-0.3, -0.25) is 9.69 Å². The largest absolute Gasteiger partial charge is 0.496 e. The number of benzene rings is 1. The highest BCUT2D eigenvalue weighted by Crippen LogP contribution is 2.37. The molecule has 0 aliphatic carbocycles. The number of methoxy groups -OCH3 is 2. The van der Waals surface area contributed by atoms with Crippen LogP contribution in [0.1, 0.15) is 22.7 Å². The van der Waals surface area contributed by atoms with E-state index in [1.165, 1.54) is 0 Å². The van der Waals surface area contributed by atoms with Crippen molar-refractivity contribution < 1.29 is 14.3 Å². The van der Waals surface area contributed by atoms with Gasteiger partial charge >= 0.3 is 0 Å². The van der Waals surface area contributed by atoms with E-state index in [4.69, 9.17) is 15.2 Å². The number of hydrogen-bond acceptors (Lipinski definition) is 4. The van der Waals surface area contributed by atoms with Gasteiger partial charge in [-0.15, -0.1) is 0 Å². The Hall–Kier alpha value is -1.75. The van der Waals surface area contributed by atoms with E-state index in [0.717, 1.165) is 22.4 Å². The molecule has 5 nitrogen and oxygen atoms in total. The third kappa shape index (κ3) is 2.81. The van der Waals surface area contributed by atoms with Gasteiger partial charge in [-0.1, -0.05) is 0 Å². The number of rotatable bonds is 5. The first kappa shape index (κ1) is 15.3. The van der Waals surface area contributed by atoms with Crippen LogP contribution in [0.4, 0.5) is 0 Å². The summed E-state index contributed by atoms with van der Waals surface area (Å²) in [6, 6.07) is 1.26. The molecule has 0 aliphatic rings. The fourth-order valence-electron chi connectivity index (χ4n) is 2.26. The smallest absolute Gasteiger partial charge is 0.239 e. The van der Waals surface area contributed by atoms with E-state index >= 15 is 0 Å². The number of nitrogens with zero attached hydrogens (tertiary/aromatic N) is 1. The van der Waals surface area contributed by atoms with Crippen molar-refractivity contribution in [2.24, 2.45) is 5.73 Å². The summed E-state index contributed by atoms with van der Waals surface area (Å²) < 4.78 is 10.8. The molecule has 1 amide bonds. The molecular weight excluding hydrogens is 244 g/mol. The number of primary amides is 1. The number of nitrogens with two attached hydrogens (primary N) is 1. The van der Waals surface area contributed by atoms with Crippen LogP contribution in [0.5, 0.6) is 11.5 Å². The van der Waals surface area contributed by atoms with Crippen molar-refractivity contribution in [3.63, 3.8) is 0 Å².